The van der Waals surface area contributed by atoms with Crippen molar-refractivity contribution in [2.24, 2.45) is 5.92 Å². The van der Waals surface area contributed by atoms with Gasteiger partial charge in [-0.25, -0.2) is 0 Å². The minimum atomic E-state index is 0.0490. The molecule has 0 aromatic carbocycles. The smallest absolute Gasteiger partial charge is 0.223 e. The van der Waals surface area contributed by atoms with Crippen LogP contribution in [0.15, 0.2) is 12.7 Å². The number of rotatable bonds is 6. The minimum Gasteiger partial charge on any atom is -0.356 e. The maximum absolute atomic E-state index is 10.9. The fourth-order valence-electron chi connectivity index (χ4n) is 0.912. The third-order valence-electron chi connectivity index (χ3n) is 1.53. The molecule has 0 saturated carbocycles. The molecule has 0 aliphatic heterocycles. The van der Waals surface area contributed by atoms with Gasteiger partial charge in [0.15, 0.2) is 0 Å². The Morgan fingerprint density at radius 1 is 1.58 bits per heavy atom. The summed E-state index contributed by atoms with van der Waals surface area (Å²) in [6, 6.07) is 0. The quantitative estimate of drug-likeness (QED) is 0.571. The van der Waals surface area contributed by atoms with Crippen molar-refractivity contribution in [2.75, 3.05) is 20.1 Å². The molecule has 0 rings (SSSR count). The second-order valence-corrected chi connectivity index (χ2v) is 2.96. The van der Waals surface area contributed by atoms with Crippen LogP contribution in [-0.4, -0.2) is 26.0 Å². The second kappa shape index (κ2) is 6.85. The van der Waals surface area contributed by atoms with Gasteiger partial charge in [-0.1, -0.05) is 13.0 Å². The highest BCUT2D eigenvalue weighted by molar-refractivity contribution is 5.77. The van der Waals surface area contributed by atoms with E-state index in [9.17, 15) is 4.79 Å². The van der Waals surface area contributed by atoms with E-state index in [4.69, 9.17) is 0 Å². The monoisotopic (exact) mass is 170 g/mol. The molecule has 1 unspecified atom stereocenters. The molecule has 0 radical (unpaired) electrons. The fraction of sp³-hybridized carbons (Fsp3) is 0.667. The van der Waals surface area contributed by atoms with Gasteiger partial charge in [0.05, 0.1) is 0 Å². The van der Waals surface area contributed by atoms with Gasteiger partial charge in [-0.2, -0.15) is 0 Å². The second-order valence-electron chi connectivity index (χ2n) is 2.96. The Kier molecular flexibility index (Phi) is 6.38. The molecule has 0 fully saturated rings. The van der Waals surface area contributed by atoms with Crippen LogP contribution in [0.2, 0.25) is 0 Å². The maximum atomic E-state index is 10.9. The summed E-state index contributed by atoms with van der Waals surface area (Å²) in [6.45, 7) is 7.23. The summed E-state index contributed by atoms with van der Waals surface area (Å²) in [5.41, 5.74) is 0. The first-order valence-electron chi connectivity index (χ1n) is 4.23. The highest BCUT2D eigenvalue weighted by Gasteiger charge is 2.02. The van der Waals surface area contributed by atoms with Crippen LogP contribution < -0.4 is 10.6 Å². The summed E-state index contributed by atoms with van der Waals surface area (Å²) in [6.07, 6.45) is 2.02. The molecule has 0 spiro atoms. The lowest BCUT2D eigenvalue weighted by Gasteiger charge is -2.10. The lowest BCUT2D eigenvalue weighted by Crippen LogP contribution is -2.31. The van der Waals surface area contributed by atoms with Crippen molar-refractivity contribution in [2.45, 2.75) is 13.3 Å². The highest BCUT2D eigenvalue weighted by atomic mass is 16.1. The van der Waals surface area contributed by atoms with Gasteiger partial charge in [-0.15, -0.1) is 6.58 Å². The predicted octanol–water partition coefficient (Wildman–Crippen LogP) is 0.534. The number of amides is 1. The molecular weight excluding hydrogens is 152 g/mol. The molecule has 1 atom stereocenters. The van der Waals surface area contributed by atoms with Gasteiger partial charge in [-0.05, 0) is 19.5 Å². The van der Waals surface area contributed by atoms with Gasteiger partial charge in [-0.3, -0.25) is 4.79 Å². The number of nitrogens with one attached hydrogen (secondary N) is 2. The molecule has 0 aromatic rings. The van der Waals surface area contributed by atoms with Crippen LogP contribution in [-0.2, 0) is 4.79 Å². The van der Waals surface area contributed by atoms with Gasteiger partial charge >= 0.3 is 0 Å². The van der Waals surface area contributed by atoms with Gasteiger partial charge < -0.3 is 10.6 Å². The lowest BCUT2D eigenvalue weighted by molar-refractivity contribution is -0.120. The normalized spacial score (nSPS) is 12.2. The number of hydrogen-bond acceptors (Lipinski definition) is 2. The van der Waals surface area contributed by atoms with E-state index in [1.165, 1.54) is 0 Å². The predicted molar refractivity (Wildman–Crippen MR) is 50.9 cm³/mol. The van der Waals surface area contributed by atoms with Crippen LogP contribution in [0.4, 0.5) is 0 Å². The van der Waals surface area contributed by atoms with E-state index >= 15 is 0 Å². The Labute approximate surface area is 74.2 Å². The zero-order valence-electron chi connectivity index (χ0n) is 7.89. The van der Waals surface area contributed by atoms with Crippen LogP contribution in [0.5, 0.6) is 0 Å². The molecular formula is C9H18N2O. The average molecular weight is 170 g/mol. The van der Waals surface area contributed by atoms with E-state index in [1.54, 1.807) is 6.08 Å². The molecule has 0 aliphatic carbocycles. The van der Waals surface area contributed by atoms with Crippen LogP contribution in [0.1, 0.15) is 13.3 Å². The Morgan fingerprint density at radius 3 is 2.75 bits per heavy atom. The largest absolute Gasteiger partial charge is 0.356 e. The van der Waals surface area contributed by atoms with Crippen molar-refractivity contribution in [3.05, 3.63) is 12.7 Å². The van der Waals surface area contributed by atoms with E-state index in [1.807, 2.05) is 7.05 Å². The molecule has 0 saturated heterocycles. The SMILES string of the molecule is C=CCC(=O)NCC(C)CNC. The minimum absolute atomic E-state index is 0.0490. The Bertz CT molecular complexity index is 145. The van der Waals surface area contributed by atoms with Gasteiger partial charge in [0, 0.05) is 13.0 Å². The molecule has 3 nitrogen and oxygen atoms in total. The van der Waals surface area contributed by atoms with Crippen LogP contribution in [0, 0.1) is 5.92 Å². The summed E-state index contributed by atoms with van der Waals surface area (Å²) >= 11 is 0. The molecule has 12 heavy (non-hydrogen) atoms. The van der Waals surface area contributed by atoms with E-state index < -0.39 is 0 Å². The molecule has 3 heteroatoms. The van der Waals surface area contributed by atoms with E-state index in [-0.39, 0.29) is 5.91 Å². The number of carbonyl (C=O) groups excluding carboxylic acids is 1. The Balaban J connectivity index is 3.39. The Hall–Kier alpha value is -0.830. The van der Waals surface area contributed by atoms with Gasteiger partial charge in [0.1, 0.15) is 0 Å². The zero-order chi connectivity index (χ0) is 9.40. The third-order valence-corrected chi connectivity index (χ3v) is 1.53. The maximum Gasteiger partial charge on any atom is 0.223 e. The fourth-order valence-corrected chi connectivity index (χ4v) is 0.912. The number of carbonyl (C=O) groups is 1. The van der Waals surface area contributed by atoms with Crippen LogP contribution >= 0.6 is 0 Å². The van der Waals surface area contributed by atoms with Crippen LogP contribution in [0.25, 0.3) is 0 Å². The Morgan fingerprint density at radius 2 is 2.25 bits per heavy atom. The van der Waals surface area contributed by atoms with E-state index in [0.29, 0.717) is 12.3 Å². The standard InChI is InChI=1S/C9H18N2O/c1-4-5-9(12)11-7-8(2)6-10-3/h4,8,10H,1,5-7H2,2-3H3,(H,11,12). The van der Waals surface area contributed by atoms with Crippen molar-refractivity contribution in [3.8, 4) is 0 Å². The third kappa shape index (κ3) is 5.92. The molecule has 70 valence electrons. The summed E-state index contributed by atoms with van der Waals surface area (Å²) in [5.74, 6) is 0.525. The highest BCUT2D eigenvalue weighted by Crippen LogP contribution is 1.89. The average Bonchev–Trinajstić information content (AvgIpc) is 2.02. The van der Waals surface area contributed by atoms with Crippen molar-refractivity contribution in [1.29, 1.82) is 0 Å². The lowest BCUT2D eigenvalue weighted by atomic mass is 10.2. The molecule has 0 aliphatic rings. The van der Waals surface area contributed by atoms with Crippen LogP contribution in [0.3, 0.4) is 0 Å². The van der Waals surface area contributed by atoms with Gasteiger partial charge in [0.25, 0.3) is 0 Å². The van der Waals surface area contributed by atoms with E-state index in [2.05, 4.69) is 24.1 Å². The summed E-state index contributed by atoms with van der Waals surface area (Å²) in [5, 5.41) is 5.87. The first-order chi connectivity index (χ1) is 5.70. The topological polar surface area (TPSA) is 41.1 Å². The van der Waals surface area contributed by atoms with Crippen molar-refractivity contribution >= 4 is 5.91 Å². The van der Waals surface area contributed by atoms with E-state index in [0.717, 1.165) is 13.1 Å². The molecule has 0 bridgehead atoms. The molecule has 1 amide bonds. The van der Waals surface area contributed by atoms with Gasteiger partial charge in [0.2, 0.25) is 5.91 Å². The molecule has 0 aromatic heterocycles. The summed E-state index contributed by atoms with van der Waals surface area (Å²) < 4.78 is 0. The summed E-state index contributed by atoms with van der Waals surface area (Å²) in [7, 11) is 1.90. The van der Waals surface area contributed by atoms with Crippen molar-refractivity contribution in [3.63, 3.8) is 0 Å². The number of hydrogen-bond donors (Lipinski definition) is 2. The summed E-state index contributed by atoms with van der Waals surface area (Å²) in [4.78, 5) is 10.9. The first-order valence-corrected chi connectivity index (χ1v) is 4.23. The molecule has 0 heterocycles. The van der Waals surface area contributed by atoms with Crippen molar-refractivity contribution < 1.29 is 4.79 Å². The first kappa shape index (κ1) is 11.2. The molecule has 2 N–H and O–H groups in total. The zero-order valence-corrected chi connectivity index (χ0v) is 7.89. The van der Waals surface area contributed by atoms with Crippen molar-refractivity contribution in [1.82, 2.24) is 10.6 Å².